The summed E-state index contributed by atoms with van der Waals surface area (Å²) in [5.41, 5.74) is 7.44. The first-order chi connectivity index (χ1) is 10.9. The van der Waals surface area contributed by atoms with Gasteiger partial charge < -0.3 is 10.5 Å². The summed E-state index contributed by atoms with van der Waals surface area (Å²) in [7, 11) is 0. The number of hydrogen-bond acceptors (Lipinski definition) is 5. The van der Waals surface area contributed by atoms with Crippen LogP contribution in [0, 0.1) is 16.7 Å². The predicted octanol–water partition coefficient (Wildman–Crippen LogP) is 2.35. The van der Waals surface area contributed by atoms with Crippen molar-refractivity contribution in [3.8, 4) is 6.07 Å². The molecule has 0 aromatic carbocycles. The summed E-state index contributed by atoms with van der Waals surface area (Å²) < 4.78 is 7.42. The van der Waals surface area contributed by atoms with Gasteiger partial charge in [-0.25, -0.2) is 0 Å². The van der Waals surface area contributed by atoms with Crippen LogP contribution < -0.4 is 5.73 Å². The molecule has 1 aliphatic heterocycles. The Labute approximate surface area is 135 Å². The molecule has 2 N–H and O–H groups in total. The second-order valence-corrected chi connectivity index (χ2v) is 6.83. The van der Waals surface area contributed by atoms with E-state index in [9.17, 15) is 10.1 Å². The van der Waals surface area contributed by atoms with E-state index in [0.717, 1.165) is 12.1 Å². The fourth-order valence-electron chi connectivity index (χ4n) is 3.32. The van der Waals surface area contributed by atoms with Crippen molar-refractivity contribution in [1.82, 2.24) is 9.78 Å². The van der Waals surface area contributed by atoms with Crippen LogP contribution in [0.15, 0.2) is 35.2 Å². The summed E-state index contributed by atoms with van der Waals surface area (Å²) in [6, 6.07) is 2.11. The molecule has 23 heavy (non-hydrogen) atoms. The van der Waals surface area contributed by atoms with E-state index in [-0.39, 0.29) is 22.7 Å². The third kappa shape index (κ3) is 2.52. The van der Waals surface area contributed by atoms with E-state index in [1.165, 1.54) is 0 Å². The summed E-state index contributed by atoms with van der Waals surface area (Å²) in [6.45, 7) is 6.76. The lowest BCUT2D eigenvalue weighted by atomic mass is 9.70. The molecule has 0 fully saturated rings. The first kappa shape index (κ1) is 15.3. The monoisotopic (exact) mass is 312 g/mol. The van der Waals surface area contributed by atoms with Crippen molar-refractivity contribution in [3.63, 3.8) is 0 Å². The van der Waals surface area contributed by atoms with Gasteiger partial charge in [0.25, 0.3) is 0 Å². The molecule has 0 amide bonds. The van der Waals surface area contributed by atoms with E-state index in [0.29, 0.717) is 24.2 Å². The van der Waals surface area contributed by atoms with E-state index < -0.39 is 5.92 Å². The average Bonchev–Trinajstić information content (AvgIpc) is 2.93. The normalized spacial score (nSPS) is 23.4. The number of ketones is 1. The zero-order valence-corrected chi connectivity index (χ0v) is 13.6. The van der Waals surface area contributed by atoms with E-state index in [4.69, 9.17) is 10.5 Å². The Morgan fingerprint density at radius 1 is 1.52 bits per heavy atom. The molecule has 3 rings (SSSR count). The highest BCUT2D eigenvalue weighted by atomic mass is 16.5. The third-order valence-corrected chi connectivity index (χ3v) is 4.39. The van der Waals surface area contributed by atoms with Crippen LogP contribution in [-0.2, 0) is 16.1 Å². The number of carbonyl (C=O) groups excluding carboxylic acids is 1. The van der Waals surface area contributed by atoms with Crippen molar-refractivity contribution in [2.45, 2.75) is 46.1 Å². The number of aryl methyl sites for hydroxylation is 1. The van der Waals surface area contributed by atoms with Crippen LogP contribution in [0.3, 0.4) is 0 Å². The Kier molecular flexibility index (Phi) is 3.52. The first-order valence-electron chi connectivity index (χ1n) is 7.72. The molecular formula is C17H20N4O2. The van der Waals surface area contributed by atoms with Gasteiger partial charge in [0, 0.05) is 36.7 Å². The van der Waals surface area contributed by atoms with Crippen molar-refractivity contribution in [3.05, 3.63) is 40.7 Å². The molecule has 0 radical (unpaired) electrons. The van der Waals surface area contributed by atoms with E-state index in [1.54, 1.807) is 10.9 Å². The number of carbonyl (C=O) groups is 1. The number of ether oxygens (including phenoxy) is 1. The molecule has 120 valence electrons. The standard InChI is InChI=1S/C17H20N4O2/c1-4-21-9-10(8-20-21)14-11(7-18)16(19)23-13-6-17(2,3)5-12(22)15(13)14/h8-9,14H,4-6,19H2,1-3H3. The Balaban J connectivity index is 2.15. The maximum absolute atomic E-state index is 12.7. The molecule has 6 nitrogen and oxygen atoms in total. The lowest BCUT2D eigenvalue weighted by Crippen LogP contribution is -2.33. The van der Waals surface area contributed by atoms with Gasteiger partial charge in [0.05, 0.1) is 12.1 Å². The van der Waals surface area contributed by atoms with Crippen molar-refractivity contribution in [1.29, 1.82) is 5.26 Å². The largest absolute Gasteiger partial charge is 0.444 e. The molecule has 1 aromatic rings. The number of allylic oxidation sites excluding steroid dienone is 3. The van der Waals surface area contributed by atoms with E-state index >= 15 is 0 Å². The molecule has 1 aromatic heterocycles. The van der Waals surface area contributed by atoms with Gasteiger partial charge in [-0.3, -0.25) is 9.48 Å². The summed E-state index contributed by atoms with van der Waals surface area (Å²) >= 11 is 0. The lowest BCUT2D eigenvalue weighted by Gasteiger charge is -2.36. The Morgan fingerprint density at radius 2 is 2.26 bits per heavy atom. The lowest BCUT2D eigenvalue weighted by molar-refractivity contribution is -0.119. The minimum atomic E-state index is -0.479. The van der Waals surface area contributed by atoms with Crippen LogP contribution >= 0.6 is 0 Å². The van der Waals surface area contributed by atoms with Crippen molar-refractivity contribution in [2.24, 2.45) is 11.1 Å². The van der Waals surface area contributed by atoms with Crippen LogP contribution in [0.5, 0.6) is 0 Å². The molecular weight excluding hydrogens is 292 g/mol. The highest BCUT2D eigenvalue weighted by Crippen LogP contribution is 2.47. The van der Waals surface area contributed by atoms with Crippen molar-refractivity contribution >= 4 is 5.78 Å². The minimum Gasteiger partial charge on any atom is -0.444 e. The SMILES string of the molecule is CCn1cc(C2C(C#N)=C(N)OC3=C2C(=O)CC(C)(C)C3)cn1. The average molecular weight is 312 g/mol. The molecule has 1 atom stereocenters. The topological polar surface area (TPSA) is 93.9 Å². The summed E-state index contributed by atoms with van der Waals surface area (Å²) in [4.78, 5) is 12.7. The van der Waals surface area contributed by atoms with Crippen LogP contribution in [0.2, 0.25) is 0 Å². The molecule has 1 unspecified atom stereocenters. The zero-order chi connectivity index (χ0) is 16.8. The summed E-state index contributed by atoms with van der Waals surface area (Å²) in [5.74, 6) is 0.224. The first-order valence-corrected chi connectivity index (χ1v) is 7.72. The van der Waals surface area contributed by atoms with Gasteiger partial charge in [-0.15, -0.1) is 0 Å². The number of nitrogens with two attached hydrogens (primary N) is 1. The third-order valence-electron chi connectivity index (χ3n) is 4.39. The number of hydrogen-bond donors (Lipinski definition) is 1. The maximum Gasteiger partial charge on any atom is 0.205 e. The smallest absolute Gasteiger partial charge is 0.205 e. The van der Waals surface area contributed by atoms with Gasteiger partial charge in [-0.05, 0) is 12.3 Å². The van der Waals surface area contributed by atoms with E-state index in [2.05, 4.69) is 11.2 Å². The van der Waals surface area contributed by atoms with Crippen LogP contribution in [0.1, 0.15) is 45.1 Å². The molecule has 0 saturated heterocycles. The molecule has 2 heterocycles. The van der Waals surface area contributed by atoms with E-state index in [1.807, 2.05) is 27.0 Å². The number of nitriles is 1. The van der Waals surface area contributed by atoms with Crippen molar-refractivity contribution in [2.75, 3.05) is 0 Å². The fraction of sp³-hybridized carbons (Fsp3) is 0.471. The number of Topliss-reactive ketones (excluding diaryl/α,β-unsaturated/α-hetero) is 1. The fourth-order valence-corrected chi connectivity index (χ4v) is 3.32. The molecule has 2 aliphatic rings. The summed E-state index contributed by atoms with van der Waals surface area (Å²) in [6.07, 6.45) is 4.62. The van der Waals surface area contributed by atoms with Gasteiger partial charge in [0.2, 0.25) is 5.88 Å². The second-order valence-electron chi connectivity index (χ2n) is 6.83. The maximum atomic E-state index is 12.7. The highest BCUT2D eigenvalue weighted by Gasteiger charge is 2.43. The molecule has 6 heteroatoms. The summed E-state index contributed by atoms with van der Waals surface area (Å²) in [5, 5.41) is 13.8. The van der Waals surface area contributed by atoms with Gasteiger partial charge in [-0.1, -0.05) is 13.8 Å². The molecule has 0 saturated carbocycles. The number of aromatic nitrogens is 2. The zero-order valence-electron chi connectivity index (χ0n) is 13.6. The molecule has 1 aliphatic carbocycles. The Morgan fingerprint density at radius 3 is 2.87 bits per heavy atom. The Hall–Kier alpha value is -2.55. The second kappa shape index (κ2) is 5.27. The quantitative estimate of drug-likeness (QED) is 0.904. The molecule has 0 bridgehead atoms. The number of rotatable bonds is 2. The minimum absolute atomic E-state index is 0.0192. The van der Waals surface area contributed by atoms with Gasteiger partial charge >= 0.3 is 0 Å². The van der Waals surface area contributed by atoms with Crippen LogP contribution in [-0.4, -0.2) is 15.6 Å². The highest BCUT2D eigenvalue weighted by molar-refractivity contribution is 6.00. The van der Waals surface area contributed by atoms with Gasteiger partial charge in [-0.2, -0.15) is 10.4 Å². The van der Waals surface area contributed by atoms with Crippen LogP contribution in [0.25, 0.3) is 0 Å². The Bertz CT molecular complexity index is 777. The predicted molar refractivity (Wildman–Crippen MR) is 83.6 cm³/mol. The van der Waals surface area contributed by atoms with Gasteiger partial charge in [0.1, 0.15) is 17.4 Å². The number of nitrogens with zero attached hydrogens (tertiary/aromatic N) is 3. The van der Waals surface area contributed by atoms with Gasteiger partial charge in [0.15, 0.2) is 5.78 Å². The van der Waals surface area contributed by atoms with Crippen LogP contribution in [0.4, 0.5) is 0 Å². The molecule has 0 spiro atoms. The van der Waals surface area contributed by atoms with Crippen molar-refractivity contribution < 1.29 is 9.53 Å².